The van der Waals surface area contributed by atoms with Gasteiger partial charge < -0.3 is 29.3 Å². The van der Waals surface area contributed by atoms with E-state index in [2.05, 4.69) is 10.6 Å². The van der Waals surface area contributed by atoms with Gasteiger partial charge in [-0.3, -0.25) is 9.59 Å². The Balaban J connectivity index is 1.25. The fraction of sp³-hybridized carbons (Fsp3) is 0.143. The number of amides is 2. The van der Waals surface area contributed by atoms with E-state index in [1.165, 1.54) is 6.26 Å². The standard InChI is InChI=1S/C28H26N2O6/c1-33-26-15-21(12-13-24(26)36-18-20-7-3-2-4-8-20)17-29-27(31)19-35-23-10-5-9-22(16-23)30-28(32)25-11-6-14-34-25/h2-16H,17-19H2,1H3,(H,29,31)(H,30,32). The van der Waals surface area contributed by atoms with Crippen molar-refractivity contribution in [2.75, 3.05) is 19.0 Å². The fourth-order valence-corrected chi connectivity index (χ4v) is 3.34. The molecule has 1 heterocycles. The van der Waals surface area contributed by atoms with Gasteiger partial charge in [0.05, 0.1) is 13.4 Å². The molecule has 0 aliphatic rings. The predicted molar refractivity (Wildman–Crippen MR) is 134 cm³/mol. The van der Waals surface area contributed by atoms with Crippen LogP contribution in [0.2, 0.25) is 0 Å². The molecule has 8 nitrogen and oxygen atoms in total. The van der Waals surface area contributed by atoms with Crippen molar-refractivity contribution in [3.05, 3.63) is 108 Å². The van der Waals surface area contributed by atoms with E-state index in [1.54, 1.807) is 43.5 Å². The van der Waals surface area contributed by atoms with Gasteiger partial charge in [0.1, 0.15) is 12.4 Å². The summed E-state index contributed by atoms with van der Waals surface area (Å²) in [6.07, 6.45) is 1.43. The molecule has 0 saturated heterocycles. The van der Waals surface area contributed by atoms with E-state index in [-0.39, 0.29) is 24.2 Å². The molecule has 184 valence electrons. The first kappa shape index (κ1) is 24.4. The minimum Gasteiger partial charge on any atom is -0.493 e. The minimum atomic E-state index is -0.373. The number of benzene rings is 3. The Kier molecular flexibility index (Phi) is 8.22. The van der Waals surface area contributed by atoms with E-state index in [4.69, 9.17) is 18.6 Å². The normalized spacial score (nSPS) is 10.4. The quantitative estimate of drug-likeness (QED) is 0.316. The van der Waals surface area contributed by atoms with Gasteiger partial charge in [-0.15, -0.1) is 0 Å². The van der Waals surface area contributed by atoms with Gasteiger partial charge in [-0.2, -0.15) is 0 Å². The van der Waals surface area contributed by atoms with Crippen molar-refractivity contribution in [3.63, 3.8) is 0 Å². The minimum absolute atomic E-state index is 0.176. The first-order valence-electron chi connectivity index (χ1n) is 11.3. The maximum Gasteiger partial charge on any atom is 0.291 e. The number of rotatable bonds is 11. The highest BCUT2D eigenvalue weighted by Crippen LogP contribution is 2.29. The van der Waals surface area contributed by atoms with Crippen molar-refractivity contribution in [1.29, 1.82) is 0 Å². The summed E-state index contributed by atoms with van der Waals surface area (Å²) in [6, 6.07) is 25.4. The summed E-state index contributed by atoms with van der Waals surface area (Å²) in [5.74, 6) is 1.20. The Morgan fingerprint density at radius 1 is 0.833 bits per heavy atom. The molecule has 4 aromatic rings. The Morgan fingerprint density at radius 3 is 2.47 bits per heavy atom. The Hall–Kier alpha value is -4.72. The number of carbonyl (C=O) groups excluding carboxylic acids is 2. The van der Waals surface area contributed by atoms with Crippen molar-refractivity contribution in [2.45, 2.75) is 13.2 Å². The Bertz CT molecular complexity index is 1290. The molecule has 0 unspecified atom stereocenters. The van der Waals surface area contributed by atoms with Gasteiger partial charge in [0.15, 0.2) is 23.9 Å². The van der Waals surface area contributed by atoms with Gasteiger partial charge in [0, 0.05) is 18.3 Å². The summed E-state index contributed by atoms with van der Waals surface area (Å²) in [5, 5.41) is 5.54. The lowest BCUT2D eigenvalue weighted by atomic mass is 10.2. The molecule has 3 aromatic carbocycles. The molecule has 1 aromatic heterocycles. The molecule has 0 aliphatic heterocycles. The summed E-state index contributed by atoms with van der Waals surface area (Å²) < 4.78 is 22.0. The van der Waals surface area contributed by atoms with Crippen LogP contribution in [-0.2, 0) is 17.9 Å². The van der Waals surface area contributed by atoms with Gasteiger partial charge in [-0.05, 0) is 47.5 Å². The average molecular weight is 487 g/mol. The molecular formula is C28H26N2O6. The first-order chi connectivity index (χ1) is 17.6. The summed E-state index contributed by atoms with van der Waals surface area (Å²) in [7, 11) is 1.58. The van der Waals surface area contributed by atoms with E-state index < -0.39 is 0 Å². The van der Waals surface area contributed by atoms with Gasteiger partial charge in [-0.1, -0.05) is 42.5 Å². The highest BCUT2D eigenvalue weighted by atomic mass is 16.5. The zero-order chi connectivity index (χ0) is 25.2. The molecule has 0 aliphatic carbocycles. The van der Waals surface area contributed by atoms with Crippen molar-refractivity contribution in [1.82, 2.24) is 5.32 Å². The van der Waals surface area contributed by atoms with Crippen molar-refractivity contribution in [2.24, 2.45) is 0 Å². The van der Waals surface area contributed by atoms with Gasteiger partial charge in [0.25, 0.3) is 11.8 Å². The monoisotopic (exact) mass is 486 g/mol. The molecule has 0 atom stereocenters. The van der Waals surface area contributed by atoms with Crippen LogP contribution < -0.4 is 24.8 Å². The molecule has 36 heavy (non-hydrogen) atoms. The summed E-state index contributed by atoms with van der Waals surface area (Å²) >= 11 is 0. The molecule has 2 amide bonds. The number of carbonyl (C=O) groups is 2. The van der Waals surface area contributed by atoms with Gasteiger partial charge in [0.2, 0.25) is 0 Å². The molecule has 0 radical (unpaired) electrons. The van der Waals surface area contributed by atoms with Crippen LogP contribution in [0.3, 0.4) is 0 Å². The lowest BCUT2D eigenvalue weighted by molar-refractivity contribution is -0.123. The summed E-state index contributed by atoms with van der Waals surface area (Å²) in [6.45, 7) is 0.556. The molecule has 2 N–H and O–H groups in total. The van der Waals surface area contributed by atoms with Crippen LogP contribution in [0.15, 0.2) is 95.6 Å². The number of furan rings is 1. The van der Waals surface area contributed by atoms with Gasteiger partial charge >= 0.3 is 0 Å². The molecule has 0 bridgehead atoms. The highest BCUT2D eigenvalue weighted by Gasteiger charge is 2.11. The number of hydrogen-bond donors (Lipinski definition) is 2. The Labute approximate surface area is 208 Å². The smallest absolute Gasteiger partial charge is 0.291 e. The van der Waals surface area contributed by atoms with Crippen molar-refractivity contribution in [3.8, 4) is 17.2 Å². The number of anilines is 1. The Morgan fingerprint density at radius 2 is 1.69 bits per heavy atom. The second kappa shape index (κ2) is 12.1. The van der Waals surface area contributed by atoms with Crippen LogP contribution in [-0.4, -0.2) is 25.5 Å². The molecule has 8 heteroatoms. The van der Waals surface area contributed by atoms with Crippen LogP contribution in [0, 0.1) is 0 Å². The van der Waals surface area contributed by atoms with E-state index in [1.807, 2.05) is 48.5 Å². The van der Waals surface area contributed by atoms with Crippen LogP contribution >= 0.6 is 0 Å². The summed E-state index contributed by atoms with van der Waals surface area (Å²) in [4.78, 5) is 24.4. The van der Waals surface area contributed by atoms with Crippen LogP contribution in [0.25, 0.3) is 0 Å². The van der Waals surface area contributed by atoms with E-state index in [0.717, 1.165) is 11.1 Å². The van der Waals surface area contributed by atoms with E-state index in [9.17, 15) is 9.59 Å². The first-order valence-corrected chi connectivity index (χ1v) is 11.3. The fourth-order valence-electron chi connectivity index (χ4n) is 3.34. The third-order valence-corrected chi connectivity index (χ3v) is 5.16. The SMILES string of the molecule is COc1cc(CNC(=O)COc2cccc(NC(=O)c3ccco3)c2)ccc1OCc1ccccc1. The maximum atomic E-state index is 12.3. The third kappa shape index (κ3) is 6.89. The second-order valence-electron chi connectivity index (χ2n) is 7.78. The number of nitrogens with one attached hydrogen (secondary N) is 2. The largest absolute Gasteiger partial charge is 0.493 e. The topological polar surface area (TPSA) is 99.0 Å². The predicted octanol–water partition coefficient (Wildman–Crippen LogP) is 4.81. The molecular weight excluding hydrogens is 460 g/mol. The lowest BCUT2D eigenvalue weighted by Crippen LogP contribution is -2.28. The lowest BCUT2D eigenvalue weighted by Gasteiger charge is -2.13. The molecule has 0 saturated carbocycles. The summed E-state index contributed by atoms with van der Waals surface area (Å²) in [5.41, 5.74) is 2.44. The van der Waals surface area contributed by atoms with Crippen molar-refractivity contribution >= 4 is 17.5 Å². The van der Waals surface area contributed by atoms with Gasteiger partial charge in [-0.25, -0.2) is 0 Å². The molecule has 0 spiro atoms. The maximum absolute atomic E-state index is 12.3. The zero-order valence-corrected chi connectivity index (χ0v) is 19.7. The van der Waals surface area contributed by atoms with E-state index >= 15 is 0 Å². The third-order valence-electron chi connectivity index (χ3n) is 5.16. The second-order valence-corrected chi connectivity index (χ2v) is 7.78. The molecule has 0 fully saturated rings. The highest BCUT2D eigenvalue weighted by molar-refractivity contribution is 6.02. The van der Waals surface area contributed by atoms with Crippen molar-refractivity contribution < 1.29 is 28.2 Å². The number of methoxy groups -OCH3 is 1. The van der Waals surface area contributed by atoms with E-state index in [0.29, 0.717) is 36.1 Å². The number of ether oxygens (including phenoxy) is 3. The van der Waals surface area contributed by atoms with Crippen LogP contribution in [0.4, 0.5) is 5.69 Å². The van der Waals surface area contributed by atoms with Crippen LogP contribution in [0.5, 0.6) is 17.2 Å². The molecule has 4 rings (SSSR count). The number of hydrogen-bond acceptors (Lipinski definition) is 6. The van der Waals surface area contributed by atoms with Crippen LogP contribution in [0.1, 0.15) is 21.7 Å². The zero-order valence-electron chi connectivity index (χ0n) is 19.7. The average Bonchev–Trinajstić information content (AvgIpc) is 3.46.